The van der Waals surface area contributed by atoms with Crippen molar-refractivity contribution in [3.8, 4) is 0 Å². The summed E-state index contributed by atoms with van der Waals surface area (Å²) in [5.41, 5.74) is 0.424. The maximum Gasteiger partial charge on any atom is 0.195 e. The van der Waals surface area contributed by atoms with Gasteiger partial charge in [-0.1, -0.05) is 6.92 Å². The number of benzene rings is 1. The maximum absolute atomic E-state index is 13.1. The van der Waals surface area contributed by atoms with Crippen LogP contribution in [0.4, 0.5) is 13.2 Å². The molecule has 1 aromatic carbocycles. The molecule has 0 amide bonds. The van der Waals surface area contributed by atoms with Crippen LogP contribution in [0, 0.1) is 27.9 Å². The summed E-state index contributed by atoms with van der Waals surface area (Å²) < 4.78 is 39.4. The van der Waals surface area contributed by atoms with E-state index in [1.165, 1.54) is 6.92 Å². The van der Waals surface area contributed by atoms with Gasteiger partial charge in [0.1, 0.15) is 0 Å². The quantitative estimate of drug-likeness (QED) is 0.422. The van der Waals surface area contributed by atoms with Crippen molar-refractivity contribution in [3.63, 3.8) is 0 Å². The first-order valence-electron chi connectivity index (χ1n) is 3.82. The van der Waals surface area contributed by atoms with Gasteiger partial charge in [-0.05, 0) is 35.9 Å². The van der Waals surface area contributed by atoms with E-state index in [1.807, 2.05) is 22.6 Å². The van der Waals surface area contributed by atoms with Crippen molar-refractivity contribution in [3.05, 3.63) is 32.1 Å². The molecule has 0 saturated heterocycles. The van der Waals surface area contributed by atoms with Gasteiger partial charge in [0.2, 0.25) is 0 Å². The zero-order valence-corrected chi connectivity index (χ0v) is 9.38. The van der Waals surface area contributed by atoms with E-state index in [4.69, 9.17) is 0 Å². The number of hydrogen-bond donors (Lipinski definition) is 0. The van der Waals surface area contributed by atoms with Crippen LogP contribution in [-0.2, 0) is 6.42 Å². The van der Waals surface area contributed by atoms with Gasteiger partial charge in [0.25, 0.3) is 0 Å². The summed E-state index contributed by atoms with van der Waals surface area (Å²) in [6, 6.07) is 0. The van der Waals surface area contributed by atoms with Crippen LogP contribution in [0.25, 0.3) is 0 Å². The Hall–Kier alpha value is -0.260. The minimum atomic E-state index is -1.37. The van der Waals surface area contributed by atoms with E-state index in [1.54, 1.807) is 6.92 Å². The maximum atomic E-state index is 13.1. The van der Waals surface area contributed by atoms with Gasteiger partial charge in [-0.2, -0.15) is 0 Å². The fraction of sp³-hybridized carbons (Fsp3) is 0.333. The lowest BCUT2D eigenvalue weighted by molar-refractivity contribution is 0.436. The van der Waals surface area contributed by atoms with Gasteiger partial charge in [0.15, 0.2) is 17.5 Å². The van der Waals surface area contributed by atoms with Crippen LogP contribution >= 0.6 is 22.6 Å². The Kier molecular flexibility index (Phi) is 3.21. The summed E-state index contributed by atoms with van der Waals surface area (Å²) in [5.74, 6) is -3.51. The third kappa shape index (κ3) is 1.68. The average Bonchev–Trinajstić information content (AvgIpc) is 2.13. The summed E-state index contributed by atoms with van der Waals surface area (Å²) in [7, 11) is 0. The molecule has 0 aliphatic rings. The van der Waals surface area contributed by atoms with Gasteiger partial charge in [0, 0.05) is 14.7 Å². The second kappa shape index (κ2) is 3.86. The van der Waals surface area contributed by atoms with Crippen LogP contribution in [-0.4, -0.2) is 0 Å². The largest absolute Gasteiger partial charge is 0.203 e. The number of rotatable bonds is 1. The van der Waals surface area contributed by atoms with Crippen molar-refractivity contribution < 1.29 is 13.2 Å². The number of halogens is 4. The standard InChI is InChI=1S/C9H8F3I/c1-3-5-7(11)8(12)6(10)4(2)9(5)13/h3H2,1-2H3. The highest BCUT2D eigenvalue weighted by molar-refractivity contribution is 14.1. The highest BCUT2D eigenvalue weighted by Gasteiger charge is 2.19. The molecule has 0 heterocycles. The molecular formula is C9H8F3I. The van der Waals surface area contributed by atoms with E-state index in [0.717, 1.165) is 0 Å². The zero-order valence-electron chi connectivity index (χ0n) is 7.22. The fourth-order valence-corrected chi connectivity index (χ4v) is 1.98. The van der Waals surface area contributed by atoms with Gasteiger partial charge in [-0.25, -0.2) is 13.2 Å². The van der Waals surface area contributed by atoms with Crippen molar-refractivity contribution in [1.82, 2.24) is 0 Å². The molecule has 0 aliphatic heterocycles. The van der Waals surface area contributed by atoms with Crippen LogP contribution in [0.2, 0.25) is 0 Å². The Morgan fingerprint density at radius 1 is 1.08 bits per heavy atom. The zero-order chi connectivity index (χ0) is 10.2. The topological polar surface area (TPSA) is 0 Å². The second-order valence-electron chi connectivity index (χ2n) is 2.71. The first-order valence-corrected chi connectivity index (χ1v) is 4.90. The van der Waals surface area contributed by atoms with Crippen molar-refractivity contribution in [1.29, 1.82) is 0 Å². The molecule has 0 N–H and O–H groups in total. The smallest absolute Gasteiger partial charge is 0.195 e. The van der Waals surface area contributed by atoms with Gasteiger partial charge < -0.3 is 0 Å². The molecule has 0 fully saturated rings. The van der Waals surface area contributed by atoms with Crippen molar-refractivity contribution in [2.24, 2.45) is 0 Å². The summed E-state index contributed by atoms with van der Waals surface area (Å²) in [5, 5.41) is 0. The monoisotopic (exact) mass is 300 g/mol. The van der Waals surface area contributed by atoms with Gasteiger partial charge in [0.05, 0.1) is 0 Å². The predicted octanol–water partition coefficient (Wildman–Crippen LogP) is 3.58. The van der Waals surface area contributed by atoms with E-state index in [9.17, 15) is 13.2 Å². The van der Waals surface area contributed by atoms with E-state index in [-0.39, 0.29) is 11.1 Å². The fourth-order valence-electron chi connectivity index (χ4n) is 1.12. The summed E-state index contributed by atoms with van der Waals surface area (Å²) in [6.45, 7) is 3.15. The first kappa shape index (κ1) is 10.8. The molecule has 1 aromatic rings. The molecule has 0 bridgehead atoms. The van der Waals surface area contributed by atoms with E-state index < -0.39 is 17.5 Å². The first-order chi connectivity index (χ1) is 6.00. The van der Waals surface area contributed by atoms with Crippen molar-refractivity contribution in [2.75, 3.05) is 0 Å². The molecule has 0 atom stereocenters. The Balaban J connectivity index is 3.56. The van der Waals surface area contributed by atoms with E-state index in [0.29, 0.717) is 9.99 Å². The molecule has 0 spiro atoms. The number of hydrogen-bond acceptors (Lipinski definition) is 0. The summed E-state index contributed by atoms with van der Waals surface area (Å²) in [6.07, 6.45) is 0.363. The van der Waals surface area contributed by atoms with Gasteiger partial charge in [-0.15, -0.1) is 0 Å². The Morgan fingerprint density at radius 2 is 1.62 bits per heavy atom. The SMILES string of the molecule is CCc1c(F)c(F)c(F)c(C)c1I. The van der Waals surface area contributed by atoms with Crippen molar-refractivity contribution in [2.45, 2.75) is 20.3 Å². The minimum Gasteiger partial charge on any atom is -0.203 e. The second-order valence-corrected chi connectivity index (χ2v) is 3.79. The van der Waals surface area contributed by atoms with Crippen LogP contribution < -0.4 is 0 Å². The molecule has 4 heteroatoms. The lowest BCUT2D eigenvalue weighted by atomic mass is 10.1. The van der Waals surface area contributed by atoms with Crippen LogP contribution in [0.15, 0.2) is 0 Å². The minimum absolute atomic E-state index is 0.177. The van der Waals surface area contributed by atoms with E-state index >= 15 is 0 Å². The molecule has 13 heavy (non-hydrogen) atoms. The Labute approximate surface area is 88.3 Å². The molecule has 0 aromatic heterocycles. The van der Waals surface area contributed by atoms with Crippen LogP contribution in [0.1, 0.15) is 18.1 Å². The average molecular weight is 300 g/mol. The summed E-state index contributed by atoms with van der Waals surface area (Å²) in [4.78, 5) is 0. The predicted molar refractivity (Wildman–Crippen MR) is 53.1 cm³/mol. The van der Waals surface area contributed by atoms with Crippen LogP contribution in [0.3, 0.4) is 0 Å². The Morgan fingerprint density at radius 3 is 2.08 bits per heavy atom. The molecule has 1 rings (SSSR count). The Bertz CT molecular complexity index is 318. The highest BCUT2D eigenvalue weighted by Crippen LogP contribution is 2.26. The normalized spacial score (nSPS) is 10.6. The third-order valence-corrected chi connectivity index (χ3v) is 3.39. The molecule has 0 saturated carbocycles. The molecular weight excluding hydrogens is 292 g/mol. The van der Waals surface area contributed by atoms with E-state index in [2.05, 4.69) is 0 Å². The van der Waals surface area contributed by atoms with Gasteiger partial charge in [-0.3, -0.25) is 0 Å². The summed E-state index contributed by atoms with van der Waals surface area (Å²) >= 11 is 1.83. The molecule has 72 valence electrons. The molecule has 0 aliphatic carbocycles. The van der Waals surface area contributed by atoms with Crippen LogP contribution in [0.5, 0.6) is 0 Å². The molecule has 0 unspecified atom stereocenters. The third-order valence-electron chi connectivity index (χ3n) is 1.93. The lowest BCUT2D eigenvalue weighted by Gasteiger charge is -2.08. The highest BCUT2D eigenvalue weighted by atomic mass is 127. The van der Waals surface area contributed by atoms with Crippen molar-refractivity contribution >= 4 is 22.6 Å². The lowest BCUT2D eigenvalue weighted by Crippen LogP contribution is -2.04. The van der Waals surface area contributed by atoms with Gasteiger partial charge >= 0.3 is 0 Å². The molecule has 0 nitrogen and oxygen atoms in total. The molecule has 0 radical (unpaired) electrons.